The third-order valence-electron chi connectivity index (χ3n) is 2.42. The van der Waals surface area contributed by atoms with Crippen molar-refractivity contribution in [3.63, 3.8) is 0 Å². The summed E-state index contributed by atoms with van der Waals surface area (Å²) in [4.78, 5) is 0. The number of aliphatic hydroxyl groups is 3. The average Bonchev–Trinajstić information content (AvgIpc) is 1.99. The Morgan fingerprint density at radius 3 is 2.33 bits per heavy atom. The minimum Gasteiger partial charge on any atom is -0.508 e. The van der Waals surface area contributed by atoms with Crippen LogP contribution in [0.25, 0.3) is 0 Å². The maximum atomic E-state index is 9.49. The summed E-state index contributed by atoms with van der Waals surface area (Å²) in [5.74, 6) is -2.30. The fourth-order valence-corrected chi connectivity index (χ4v) is 1.38. The van der Waals surface area contributed by atoms with E-state index in [9.17, 15) is 15.3 Å². The van der Waals surface area contributed by atoms with E-state index >= 15 is 0 Å². The smallest absolute Gasteiger partial charge is 0.195 e. The summed E-state index contributed by atoms with van der Waals surface area (Å²) in [6.45, 7) is 4.95. The van der Waals surface area contributed by atoms with Crippen LogP contribution < -0.4 is 0 Å². The third-order valence-corrected chi connectivity index (χ3v) is 2.42. The van der Waals surface area contributed by atoms with Crippen LogP contribution in [0, 0.1) is 5.92 Å². The van der Waals surface area contributed by atoms with E-state index in [0.717, 1.165) is 0 Å². The van der Waals surface area contributed by atoms with E-state index in [1.54, 1.807) is 19.9 Å². The Bertz CT molecular complexity index is 261. The van der Waals surface area contributed by atoms with E-state index in [1.165, 1.54) is 6.92 Å². The molecule has 0 aromatic heterocycles. The minimum atomic E-state index is -1.90. The van der Waals surface area contributed by atoms with Gasteiger partial charge in [0, 0.05) is 11.5 Å². The third kappa shape index (κ3) is 1.15. The first-order valence-corrected chi connectivity index (χ1v) is 3.91. The first kappa shape index (κ1) is 9.29. The molecular weight excluding hydrogens is 156 g/mol. The van der Waals surface area contributed by atoms with Gasteiger partial charge >= 0.3 is 0 Å². The average molecular weight is 170 g/mol. The molecule has 1 aliphatic carbocycles. The normalized spacial score (nSPS) is 28.8. The molecule has 0 spiro atoms. The quantitative estimate of drug-likeness (QED) is 0.477. The Morgan fingerprint density at radius 2 is 1.83 bits per heavy atom. The van der Waals surface area contributed by atoms with Crippen molar-refractivity contribution >= 4 is 0 Å². The van der Waals surface area contributed by atoms with Crippen LogP contribution in [0.4, 0.5) is 0 Å². The Kier molecular flexibility index (Phi) is 2.02. The summed E-state index contributed by atoms with van der Waals surface area (Å²) in [7, 11) is 0. The van der Waals surface area contributed by atoms with E-state index in [2.05, 4.69) is 0 Å². The van der Waals surface area contributed by atoms with Crippen molar-refractivity contribution in [3.05, 3.63) is 23.0 Å². The lowest BCUT2D eigenvalue weighted by molar-refractivity contribution is -0.156. The van der Waals surface area contributed by atoms with E-state index in [0.29, 0.717) is 5.57 Å². The van der Waals surface area contributed by atoms with Gasteiger partial charge in [0.05, 0.1) is 0 Å². The van der Waals surface area contributed by atoms with E-state index in [1.807, 2.05) is 0 Å². The van der Waals surface area contributed by atoms with E-state index < -0.39 is 5.79 Å². The van der Waals surface area contributed by atoms with Gasteiger partial charge in [-0.25, -0.2) is 0 Å². The largest absolute Gasteiger partial charge is 0.508 e. The summed E-state index contributed by atoms with van der Waals surface area (Å²) < 4.78 is 0. The maximum Gasteiger partial charge on any atom is 0.195 e. The van der Waals surface area contributed by atoms with Crippen molar-refractivity contribution in [3.8, 4) is 0 Å². The van der Waals surface area contributed by atoms with Crippen LogP contribution in [0.1, 0.15) is 20.8 Å². The van der Waals surface area contributed by atoms with Gasteiger partial charge in [-0.05, 0) is 19.4 Å². The number of aliphatic hydroxyl groups excluding tert-OH is 1. The van der Waals surface area contributed by atoms with Crippen molar-refractivity contribution in [1.29, 1.82) is 0 Å². The summed E-state index contributed by atoms with van der Waals surface area (Å²) in [6.07, 6.45) is 1.64. The Morgan fingerprint density at radius 1 is 1.33 bits per heavy atom. The molecule has 68 valence electrons. The van der Waals surface area contributed by atoms with Gasteiger partial charge in [-0.15, -0.1) is 0 Å². The summed E-state index contributed by atoms with van der Waals surface area (Å²) in [5.41, 5.74) is 0.911. The Balaban J connectivity index is 3.18. The fraction of sp³-hybridized carbons (Fsp3) is 0.556. The predicted molar refractivity (Wildman–Crippen MR) is 45.4 cm³/mol. The van der Waals surface area contributed by atoms with Gasteiger partial charge in [0.15, 0.2) is 5.79 Å². The van der Waals surface area contributed by atoms with Crippen LogP contribution >= 0.6 is 0 Å². The lowest BCUT2D eigenvalue weighted by Gasteiger charge is -2.32. The molecule has 0 bridgehead atoms. The van der Waals surface area contributed by atoms with Crippen molar-refractivity contribution in [2.75, 3.05) is 0 Å². The van der Waals surface area contributed by atoms with Crippen LogP contribution in [0.15, 0.2) is 23.0 Å². The molecule has 12 heavy (non-hydrogen) atoms. The second-order valence-corrected chi connectivity index (χ2v) is 3.34. The lowest BCUT2D eigenvalue weighted by Crippen LogP contribution is -2.39. The molecule has 0 aromatic carbocycles. The van der Waals surface area contributed by atoms with Gasteiger partial charge in [-0.2, -0.15) is 0 Å². The highest BCUT2D eigenvalue weighted by molar-refractivity contribution is 5.36. The highest BCUT2D eigenvalue weighted by Crippen LogP contribution is 2.33. The molecule has 1 atom stereocenters. The molecule has 0 aromatic rings. The zero-order valence-corrected chi connectivity index (χ0v) is 7.50. The van der Waals surface area contributed by atoms with Crippen LogP contribution in [0.3, 0.4) is 0 Å². The molecule has 0 aliphatic heterocycles. The maximum absolute atomic E-state index is 9.49. The summed E-state index contributed by atoms with van der Waals surface area (Å²) in [6, 6.07) is 0. The molecule has 1 unspecified atom stereocenters. The van der Waals surface area contributed by atoms with E-state index in [4.69, 9.17) is 0 Å². The highest BCUT2D eigenvalue weighted by atomic mass is 16.5. The van der Waals surface area contributed by atoms with Gasteiger partial charge in [-0.3, -0.25) is 0 Å². The molecule has 0 heterocycles. The number of allylic oxidation sites excluding steroid dienone is 1. The van der Waals surface area contributed by atoms with Crippen LogP contribution in [0.5, 0.6) is 0 Å². The van der Waals surface area contributed by atoms with Gasteiger partial charge in [0.2, 0.25) is 0 Å². The van der Waals surface area contributed by atoms with Gasteiger partial charge in [-0.1, -0.05) is 13.0 Å². The van der Waals surface area contributed by atoms with Crippen molar-refractivity contribution < 1.29 is 15.3 Å². The molecule has 0 radical (unpaired) electrons. The summed E-state index contributed by atoms with van der Waals surface area (Å²) in [5, 5.41) is 28.4. The lowest BCUT2D eigenvalue weighted by atomic mass is 9.85. The van der Waals surface area contributed by atoms with Gasteiger partial charge < -0.3 is 15.3 Å². The van der Waals surface area contributed by atoms with Crippen LogP contribution in [0.2, 0.25) is 0 Å². The Labute approximate surface area is 71.7 Å². The molecular formula is C9H14O3. The monoisotopic (exact) mass is 170 g/mol. The van der Waals surface area contributed by atoms with Crippen molar-refractivity contribution in [1.82, 2.24) is 0 Å². The minimum absolute atomic E-state index is 0.0156. The van der Waals surface area contributed by atoms with Crippen molar-refractivity contribution in [2.24, 2.45) is 5.92 Å². The van der Waals surface area contributed by atoms with E-state index in [-0.39, 0.29) is 17.3 Å². The molecule has 1 aliphatic rings. The summed E-state index contributed by atoms with van der Waals surface area (Å²) >= 11 is 0. The second-order valence-electron chi connectivity index (χ2n) is 3.34. The molecule has 3 heteroatoms. The molecule has 3 nitrogen and oxygen atoms in total. The standard InChI is InChI=1S/C9H14O3/c1-5-4-6(2)9(11,12)7(3)8(5)10/h4,6,10-12H,1-3H3. The van der Waals surface area contributed by atoms with Crippen molar-refractivity contribution in [2.45, 2.75) is 26.6 Å². The van der Waals surface area contributed by atoms with Gasteiger partial charge in [0.25, 0.3) is 0 Å². The Hall–Kier alpha value is -0.800. The fourth-order valence-electron chi connectivity index (χ4n) is 1.38. The van der Waals surface area contributed by atoms with Gasteiger partial charge in [0.1, 0.15) is 5.76 Å². The molecule has 3 N–H and O–H groups in total. The number of hydrogen-bond acceptors (Lipinski definition) is 3. The van der Waals surface area contributed by atoms with Crippen LogP contribution in [-0.2, 0) is 0 Å². The predicted octanol–water partition coefficient (Wildman–Crippen LogP) is 1.10. The number of hydrogen-bond donors (Lipinski definition) is 3. The zero-order valence-electron chi connectivity index (χ0n) is 7.50. The first-order valence-electron chi connectivity index (χ1n) is 3.91. The van der Waals surface area contributed by atoms with Crippen LogP contribution in [-0.4, -0.2) is 21.1 Å². The topological polar surface area (TPSA) is 60.7 Å². The highest BCUT2D eigenvalue weighted by Gasteiger charge is 2.37. The number of rotatable bonds is 0. The molecule has 0 saturated carbocycles. The second kappa shape index (κ2) is 2.61. The molecule has 0 amide bonds. The first-order chi connectivity index (χ1) is 5.37. The molecule has 1 rings (SSSR count). The molecule has 0 saturated heterocycles. The zero-order chi connectivity index (χ0) is 9.52. The molecule has 0 fully saturated rings. The SMILES string of the molecule is CC1=CC(C)C(O)(O)C(C)=C1O.